The predicted molar refractivity (Wildman–Crippen MR) is 95.2 cm³/mol. The molecule has 0 bridgehead atoms. The number of nitrogens with one attached hydrogen (secondary N) is 1. The van der Waals surface area contributed by atoms with Crippen LogP contribution in [0.1, 0.15) is 24.7 Å². The van der Waals surface area contributed by atoms with Gasteiger partial charge in [-0.2, -0.15) is 5.26 Å². The van der Waals surface area contributed by atoms with Gasteiger partial charge in [0.15, 0.2) is 0 Å². The number of rotatable bonds is 4. The van der Waals surface area contributed by atoms with E-state index in [4.69, 9.17) is 15.0 Å². The summed E-state index contributed by atoms with van der Waals surface area (Å²) in [6.07, 6.45) is 5.36. The highest BCUT2D eigenvalue weighted by Gasteiger charge is 2.32. The summed E-state index contributed by atoms with van der Waals surface area (Å²) in [5.74, 6) is 0.989. The van der Waals surface area contributed by atoms with E-state index in [1.165, 1.54) is 0 Å². The van der Waals surface area contributed by atoms with Crippen molar-refractivity contribution < 1.29 is 4.74 Å². The lowest BCUT2D eigenvalue weighted by atomic mass is 10.0. The molecule has 130 valence electrons. The lowest BCUT2D eigenvalue weighted by Crippen LogP contribution is -2.46. The summed E-state index contributed by atoms with van der Waals surface area (Å²) in [5, 5.41) is 9.93. The molecule has 0 spiro atoms. The van der Waals surface area contributed by atoms with E-state index in [0.29, 0.717) is 6.42 Å². The number of imidazole rings is 1. The average molecular weight is 338 g/mol. The van der Waals surface area contributed by atoms with Crippen LogP contribution in [-0.4, -0.2) is 57.3 Å². The third-order valence-corrected chi connectivity index (χ3v) is 5.19. The molecule has 4 heterocycles. The largest absolute Gasteiger partial charge is 0.378 e. The van der Waals surface area contributed by atoms with Gasteiger partial charge in [0.1, 0.15) is 17.0 Å². The molecular weight excluding hydrogens is 316 g/mol. The van der Waals surface area contributed by atoms with Gasteiger partial charge in [-0.15, -0.1) is 0 Å². The highest BCUT2D eigenvalue weighted by molar-refractivity contribution is 6.01. The topological polar surface area (TPSA) is 82.8 Å². The molecule has 7 nitrogen and oxygen atoms in total. The lowest BCUT2D eigenvalue weighted by Gasteiger charge is -2.38. The number of aromatic amines is 1. The number of ether oxygens (including phenoxy) is 1. The molecule has 2 atom stereocenters. The van der Waals surface area contributed by atoms with Crippen molar-refractivity contribution in [3.8, 4) is 6.07 Å². The number of hydrogen-bond donors (Lipinski definition) is 1. The van der Waals surface area contributed by atoms with Crippen LogP contribution < -0.4 is 0 Å². The fourth-order valence-corrected chi connectivity index (χ4v) is 4.02. The van der Waals surface area contributed by atoms with Gasteiger partial charge in [-0.1, -0.05) is 0 Å². The summed E-state index contributed by atoms with van der Waals surface area (Å²) in [5.41, 5.74) is 2.93. The molecule has 2 unspecified atom stereocenters. The molecule has 3 aromatic rings. The summed E-state index contributed by atoms with van der Waals surface area (Å²) in [7, 11) is 1.77. The number of nitrogens with zero attached hydrogens (tertiary/aromatic N) is 5. The number of hydrogen-bond acceptors (Lipinski definition) is 5. The maximum Gasteiger partial charge on any atom is 0.139 e. The van der Waals surface area contributed by atoms with Crippen LogP contribution in [0.4, 0.5) is 0 Å². The minimum atomic E-state index is 0.0747. The molecule has 0 aromatic carbocycles. The molecule has 1 saturated heterocycles. The average Bonchev–Trinajstić information content (AvgIpc) is 3.22. The van der Waals surface area contributed by atoms with E-state index >= 15 is 0 Å². The van der Waals surface area contributed by atoms with E-state index in [-0.39, 0.29) is 12.1 Å². The van der Waals surface area contributed by atoms with Crippen LogP contribution in [0.5, 0.6) is 0 Å². The Balaban J connectivity index is 1.75. The highest BCUT2D eigenvalue weighted by Crippen LogP contribution is 2.33. The first-order valence-corrected chi connectivity index (χ1v) is 8.65. The fourth-order valence-electron chi connectivity index (χ4n) is 4.02. The molecule has 7 heteroatoms. The molecule has 0 radical (unpaired) electrons. The van der Waals surface area contributed by atoms with Crippen molar-refractivity contribution in [1.29, 1.82) is 5.26 Å². The van der Waals surface area contributed by atoms with E-state index in [2.05, 4.69) is 31.6 Å². The number of methoxy groups -OCH3 is 1. The van der Waals surface area contributed by atoms with Crippen molar-refractivity contribution >= 4 is 22.1 Å². The van der Waals surface area contributed by atoms with Gasteiger partial charge in [0.2, 0.25) is 0 Å². The van der Waals surface area contributed by atoms with E-state index in [1.807, 2.05) is 19.3 Å². The molecule has 25 heavy (non-hydrogen) atoms. The lowest BCUT2D eigenvalue weighted by molar-refractivity contribution is -0.00463. The summed E-state index contributed by atoms with van der Waals surface area (Å²) < 4.78 is 8.16. The second-order valence-electron chi connectivity index (χ2n) is 6.60. The van der Waals surface area contributed by atoms with Gasteiger partial charge in [0, 0.05) is 44.7 Å². The van der Waals surface area contributed by atoms with Gasteiger partial charge in [0.05, 0.1) is 29.9 Å². The zero-order chi connectivity index (χ0) is 17.4. The van der Waals surface area contributed by atoms with Crippen LogP contribution in [0.25, 0.3) is 22.1 Å². The predicted octanol–water partition coefficient (Wildman–Crippen LogP) is 2.40. The van der Waals surface area contributed by atoms with Crippen LogP contribution in [0, 0.1) is 18.3 Å². The van der Waals surface area contributed by atoms with Crippen molar-refractivity contribution in [1.82, 2.24) is 24.4 Å². The Kier molecular flexibility index (Phi) is 4.15. The molecule has 0 amide bonds. The Morgan fingerprint density at radius 2 is 2.36 bits per heavy atom. The molecule has 3 aromatic heterocycles. The second kappa shape index (κ2) is 6.47. The Bertz CT molecular complexity index is 936. The van der Waals surface area contributed by atoms with Gasteiger partial charge in [-0.3, -0.25) is 4.90 Å². The van der Waals surface area contributed by atoms with Gasteiger partial charge in [-0.25, -0.2) is 9.97 Å². The Morgan fingerprint density at radius 3 is 3.16 bits per heavy atom. The number of H-pyrrole nitrogens is 1. The number of likely N-dealkylation sites (tertiary alicyclic amines) is 1. The summed E-state index contributed by atoms with van der Waals surface area (Å²) >= 11 is 0. The molecular formula is C18H22N6O. The maximum absolute atomic E-state index is 8.83. The van der Waals surface area contributed by atoms with E-state index in [0.717, 1.165) is 53.9 Å². The van der Waals surface area contributed by atoms with Gasteiger partial charge in [0.25, 0.3) is 0 Å². The molecule has 4 rings (SSSR count). The maximum atomic E-state index is 8.83. The van der Waals surface area contributed by atoms with Gasteiger partial charge >= 0.3 is 0 Å². The normalized spacial score (nSPS) is 21.8. The van der Waals surface area contributed by atoms with Crippen LogP contribution in [0.3, 0.4) is 0 Å². The SMILES string of the molecule is COC1CN(CCC#N)CCC1n1c(C)nc2cnc3[nH]ccc3c21. The smallest absolute Gasteiger partial charge is 0.139 e. The highest BCUT2D eigenvalue weighted by atomic mass is 16.5. The van der Waals surface area contributed by atoms with E-state index in [9.17, 15) is 0 Å². The molecule has 1 aliphatic rings. The monoisotopic (exact) mass is 338 g/mol. The van der Waals surface area contributed by atoms with E-state index < -0.39 is 0 Å². The Hall–Kier alpha value is -2.43. The van der Waals surface area contributed by atoms with Gasteiger partial charge < -0.3 is 14.3 Å². The zero-order valence-electron chi connectivity index (χ0n) is 14.6. The molecule has 0 saturated carbocycles. The standard InChI is InChI=1S/C18H22N6O/c1-12-22-14-10-21-18-13(4-7-20-18)17(14)24(12)15-5-9-23(8-3-6-19)11-16(15)25-2/h4,7,10,15-16H,3,5,8-9,11H2,1-2H3,(H,20,21). The Labute approximate surface area is 146 Å². The third-order valence-electron chi connectivity index (χ3n) is 5.19. The minimum absolute atomic E-state index is 0.0747. The van der Waals surface area contributed by atoms with Crippen molar-refractivity contribution in [3.63, 3.8) is 0 Å². The number of aryl methyl sites for hydroxylation is 1. The summed E-state index contributed by atoms with van der Waals surface area (Å²) in [6.45, 7) is 4.65. The van der Waals surface area contributed by atoms with Crippen molar-refractivity contribution in [2.75, 3.05) is 26.7 Å². The third kappa shape index (κ3) is 2.68. The quantitative estimate of drug-likeness (QED) is 0.790. The first-order valence-electron chi connectivity index (χ1n) is 8.65. The number of fused-ring (bicyclic) bond motifs is 3. The number of nitriles is 1. The molecule has 1 fully saturated rings. The first-order chi connectivity index (χ1) is 12.2. The summed E-state index contributed by atoms with van der Waals surface area (Å²) in [6, 6.07) is 4.52. The van der Waals surface area contributed by atoms with Crippen LogP contribution >= 0.6 is 0 Å². The molecule has 1 aliphatic heterocycles. The Morgan fingerprint density at radius 1 is 1.48 bits per heavy atom. The second-order valence-corrected chi connectivity index (χ2v) is 6.60. The van der Waals surface area contributed by atoms with Crippen LogP contribution in [0.2, 0.25) is 0 Å². The molecule has 0 aliphatic carbocycles. The number of aromatic nitrogens is 4. The summed E-state index contributed by atoms with van der Waals surface area (Å²) in [4.78, 5) is 14.7. The minimum Gasteiger partial charge on any atom is -0.378 e. The van der Waals surface area contributed by atoms with E-state index in [1.54, 1.807) is 7.11 Å². The molecule has 1 N–H and O–H groups in total. The van der Waals surface area contributed by atoms with Crippen molar-refractivity contribution in [2.24, 2.45) is 0 Å². The van der Waals surface area contributed by atoms with Crippen molar-refractivity contribution in [2.45, 2.75) is 31.9 Å². The van der Waals surface area contributed by atoms with Crippen molar-refractivity contribution in [3.05, 3.63) is 24.3 Å². The fraction of sp³-hybridized carbons (Fsp3) is 0.500. The first kappa shape index (κ1) is 16.1. The number of piperidine rings is 1. The van der Waals surface area contributed by atoms with Gasteiger partial charge in [-0.05, 0) is 19.4 Å². The zero-order valence-corrected chi connectivity index (χ0v) is 14.6. The van der Waals surface area contributed by atoms with Crippen LogP contribution in [0.15, 0.2) is 18.5 Å². The number of pyridine rings is 1. The van der Waals surface area contributed by atoms with Crippen LogP contribution in [-0.2, 0) is 4.74 Å².